The molecule has 1 aromatic carbocycles. The first-order chi connectivity index (χ1) is 10.2. The Bertz CT molecular complexity index is 678. The molecule has 1 saturated carbocycles. The van der Waals surface area contributed by atoms with Gasteiger partial charge in [0.15, 0.2) is 0 Å². The first-order valence-corrected chi connectivity index (χ1v) is 7.86. The van der Waals surface area contributed by atoms with Crippen LogP contribution < -0.4 is 0 Å². The quantitative estimate of drug-likeness (QED) is 0.792. The molecule has 0 amide bonds. The van der Waals surface area contributed by atoms with Crippen molar-refractivity contribution in [3.63, 3.8) is 0 Å². The first-order valence-electron chi connectivity index (χ1n) is 7.86. The summed E-state index contributed by atoms with van der Waals surface area (Å²) >= 11 is 0. The number of rotatable bonds is 3. The zero-order valence-corrected chi connectivity index (χ0v) is 13.1. The second-order valence-electron chi connectivity index (χ2n) is 5.98. The Morgan fingerprint density at radius 1 is 1.33 bits per heavy atom. The van der Waals surface area contributed by atoms with Crippen LogP contribution in [0.1, 0.15) is 60.1 Å². The Morgan fingerprint density at radius 2 is 2.05 bits per heavy atom. The van der Waals surface area contributed by atoms with E-state index in [2.05, 4.69) is 24.6 Å². The molecule has 0 radical (unpaired) electrons. The molecule has 0 unspecified atom stereocenters. The summed E-state index contributed by atoms with van der Waals surface area (Å²) in [4.78, 5) is 11.8. The van der Waals surface area contributed by atoms with Gasteiger partial charge in [0.05, 0.1) is 12.7 Å². The summed E-state index contributed by atoms with van der Waals surface area (Å²) in [6.07, 6.45) is 6.30. The van der Waals surface area contributed by atoms with Gasteiger partial charge in [-0.2, -0.15) is 0 Å². The van der Waals surface area contributed by atoms with Crippen LogP contribution in [0.3, 0.4) is 0 Å². The molecule has 1 heterocycles. The number of hydrogen-bond acceptors (Lipinski definition) is 2. The summed E-state index contributed by atoms with van der Waals surface area (Å²) in [6.45, 7) is 2.22. The van der Waals surface area contributed by atoms with Crippen molar-refractivity contribution >= 4 is 16.9 Å². The van der Waals surface area contributed by atoms with Crippen molar-refractivity contribution in [3.8, 4) is 0 Å². The summed E-state index contributed by atoms with van der Waals surface area (Å²) in [6, 6.07) is 5.97. The molecule has 1 aliphatic carbocycles. The number of fused-ring (bicyclic) bond motifs is 1. The molecule has 0 spiro atoms. The SMILES string of the molecule is CCc1c(C2CCCC2)c2ccc(C(=O)OC)cc2n1C. The van der Waals surface area contributed by atoms with Crippen LogP contribution in [0.5, 0.6) is 0 Å². The molecule has 0 saturated heterocycles. The van der Waals surface area contributed by atoms with E-state index in [1.807, 2.05) is 12.1 Å². The van der Waals surface area contributed by atoms with E-state index in [1.165, 1.54) is 49.4 Å². The number of nitrogens with zero attached hydrogens (tertiary/aromatic N) is 1. The summed E-state index contributed by atoms with van der Waals surface area (Å²) in [5, 5.41) is 1.31. The lowest BCUT2D eigenvalue weighted by Crippen LogP contribution is -2.01. The number of esters is 1. The fourth-order valence-electron chi connectivity index (χ4n) is 3.86. The zero-order chi connectivity index (χ0) is 15.0. The van der Waals surface area contributed by atoms with Crippen LogP contribution in [0.15, 0.2) is 18.2 Å². The Kier molecular flexibility index (Phi) is 3.75. The van der Waals surface area contributed by atoms with E-state index < -0.39 is 0 Å². The number of aryl methyl sites for hydroxylation is 1. The molecule has 1 fully saturated rings. The second-order valence-corrected chi connectivity index (χ2v) is 5.98. The molecule has 2 aromatic rings. The number of benzene rings is 1. The number of methoxy groups -OCH3 is 1. The topological polar surface area (TPSA) is 31.2 Å². The minimum Gasteiger partial charge on any atom is -0.465 e. The van der Waals surface area contributed by atoms with Crippen LogP contribution >= 0.6 is 0 Å². The Labute approximate surface area is 125 Å². The van der Waals surface area contributed by atoms with Crippen molar-refractivity contribution in [1.82, 2.24) is 4.57 Å². The third kappa shape index (κ3) is 2.25. The lowest BCUT2D eigenvalue weighted by atomic mass is 9.93. The average molecular weight is 285 g/mol. The van der Waals surface area contributed by atoms with Crippen LogP contribution in [0, 0.1) is 0 Å². The summed E-state index contributed by atoms with van der Waals surface area (Å²) < 4.78 is 7.10. The Balaban J connectivity index is 2.20. The molecule has 0 N–H and O–H groups in total. The van der Waals surface area contributed by atoms with E-state index in [4.69, 9.17) is 4.74 Å². The van der Waals surface area contributed by atoms with Crippen molar-refractivity contribution in [1.29, 1.82) is 0 Å². The minimum absolute atomic E-state index is 0.265. The number of carbonyl (C=O) groups is 1. The van der Waals surface area contributed by atoms with Gasteiger partial charge in [0, 0.05) is 23.6 Å². The van der Waals surface area contributed by atoms with Gasteiger partial charge in [-0.1, -0.05) is 25.8 Å². The molecule has 1 aromatic heterocycles. The van der Waals surface area contributed by atoms with Crippen LogP contribution in [0.2, 0.25) is 0 Å². The zero-order valence-electron chi connectivity index (χ0n) is 13.1. The molecule has 0 bridgehead atoms. The summed E-state index contributed by atoms with van der Waals surface area (Å²) in [5.41, 5.74) is 4.71. The van der Waals surface area contributed by atoms with Crippen LogP contribution in [-0.4, -0.2) is 17.6 Å². The van der Waals surface area contributed by atoms with Gasteiger partial charge in [-0.25, -0.2) is 4.79 Å². The largest absolute Gasteiger partial charge is 0.465 e. The number of aromatic nitrogens is 1. The van der Waals surface area contributed by atoms with Gasteiger partial charge in [-0.05, 0) is 42.9 Å². The van der Waals surface area contributed by atoms with Gasteiger partial charge in [-0.3, -0.25) is 0 Å². The maximum Gasteiger partial charge on any atom is 0.337 e. The molecule has 0 atom stereocenters. The predicted molar refractivity (Wildman–Crippen MR) is 84.8 cm³/mol. The molecule has 3 heteroatoms. The fourth-order valence-corrected chi connectivity index (χ4v) is 3.86. The van der Waals surface area contributed by atoms with Gasteiger partial charge < -0.3 is 9.30 Å². The standard InChI is InChI=1S/C18H23NO2/c1-4-15-17(12-7-5-6-8-12)14-10-9-13(18(20)21-3)11-16(14)19(15)2/h9-12H,4-8H2,1-3H3. The van der Waals surface area contributed by atoms with Gasteiger partial charge in [-0.15, -0.1) is 0 Å². The maximum atomic E-state index is 11.8. The smallest absolute Gasteiger partial charge is 0.337 e. The molecule has 21 heavy (non-hydrogen) atoms. The van der Waals surface area contributed by atoms with Gasteiger partial charge >= 0.3 is 5.97 Å². The van der Waals surface area contributed by atoms with Crippen molar-refractivity contribution in [3.05, 3.63) is 35.0 Å². The second kappa shape index (κ2) is 5.55. The molecular weight excluding hydrogens is 262 g/mol. The number of carbonyl (C=O) groups excluding carboxylic acids is 1. The van der Waals surface area contributed by atoms with Gasteiger partial charge in [0.2, 0.25) is 0 Å². The third-order valence-corrected chi connectivity index (χ3v) is 4.88. The highest BCUT2D eigenvalue weighted by molar-refractivity contribution is 5.96. The molecule has 0 aliphatic heterocycles. The monoisotopic (exact) mass is 285 g/mol. The Morgan fingerprint density at radius 3 is 2.67 bits per heavy atom. The minimum atomic E-state index is -0.265. The first kappa shape index (κ1) is 14.2. The number of hydrogen-bond donors (Lipinski definition) is 0. The lowest BCUT2D eigenvalue weighted by molar-refractivity contribution is 0.0601. The van der Waals surface area contributed by atoms with Crippen LogP contribution in [-0.2, 0) is 18.2 Å². The molecular formula is C18H23NO2. The van der Waals surface area contributed by atoms with Crippen molar-refractivity contribution in [2.45, 2.75) is 44.9 Å². The molecule has 112 valence electrons. The van der Waals surface area contributed by atoms with Crippen molar-refractivity contribution < 1.29 is 9.53 Å². The van der Waals surface area contributed by atoms with Crippen molar-refractivity contribution in [2.75, 3.05) is 7.11 Å². The molecule has 3 nitrogen and oxygen atoms in total. The summed E-state index contributed by atoms with van der Waals surface area (Å²) in [5.74, 6) is 0.422. The average Bonchev–Trinajstić information content (AvgIpc) is 3.12. The van der Waals surface area contributed by atoms with Crippen LogP contribution in [0.25, 0.3) is 10.9 Å². The highest BCUT2D eigenvalue weighted by Gasteiger charge is 2.25. The van der Waals surface area contributed by atoms with E-state index in [1.54, 1.807) is 0 Å². The van der Waals surface area contributed by atoms with E-state index in [-0.39, 0.29) is 5.97 Å². The maximum absolute atomic E-state index is 11.8. The van der Waals surface area contributed by atoms with Crippen molar-refractivity contribution in [2.24, 2.45) is 7.05 Å². The molecule has 1 aliphatic rings. The van der Waals surface area contributed by atoms with Gasteiger partial charge in [0.1, 0.15) is 0 Å². The highest BCUT2D eigenvalue weighted by atomic mass is 16.5. The Hall–Kier alpha value is -1.77. The van der Waals surface area contributed by atoms with Gasteiger partial charge in [0.25, 0.3) is 0 Å². The summed E-state index contributed by atoms with van der Waals surface area (Å²) in [7, 11) is 3.54. The van der Waals surface area contributed by atoms with E-state index in [0.29, 0.717) is 11.5 Å². The van der Waals surface area contributed by atoms with E-state index in [9.17, 15) is 4.79 Å². The van der Waals surface area contributed by atoms with E-state index >= 15 is 0 Å². The van der Waals surface area contributed by atoms with Crippen LogP contribution in [0.4, 0.5) is 0 Å². The molecule has 3 rings (SSSR count). The van der Waals surface area contributed by atoms with E-state index in [0.717, 1.165) is 11.9 Å². The fraction of sp³-hybridized carbons (Fsp3) is 0.500. The number of ether oxygens (including phenoxy) is 1. The predicted octanol–water partition coefficient (Wildman–Crippen LogP) is 4.18. The lowest BCUT2D eigenvalue weighted by Gasteiger charge is -2.12. The third-order valence-electron chi connectivity index (χ3n) is 4.88. The highest BCUT2D eigenvalue weighted by Crippen LogP contribution is 2.41. The normalized spacial score (nSPS) is 15.8.